The van der Waals surface area contributed by atoms with Crippen LogP contribution in [0.15, 0.2) is 42.5 Å². The first-order chi connectivity index (χ1) is 10.5. The highest BCUT2D eigenvalue weighted by Crippen LogP contribution is 2.17. The fourth-order valence-electron chi connectivity index (χ4n) is 2.16. The fraction of sp³-hybridized carbons (Fsp3) is 0.278. The molecule has 2 rings (SSSR count). The summed E-state index contributed by atoms with van der Waals surface area (Å²) < 4.78 is 13.0. The van der Waals surface area contributed by atoms with Crippen LogP contribution in [0.2, 0.25) is 5.02 Å². The van der Waals surface area contributed by atoms with E-state index in [1.807, 2.05) is 0 Å². The van der Waals surface area contributed by atoms with Crippen molar-refractivity contribution in [1.82, 2.24) is 5.32 Å². The molecule has 0 fully saturated rings. The normalized spacial score (nSPS) is 10.8. The average molecular weight is 320 g/mol. The second kappa shape index (κ2) is 7.41. The molecule has 2 aromatic rings. The predicted octanol–water partition coefficient (Wildman–Crippen LogP) is 4.58. The Morgan fingerprint density at radius 2 is 1.86 bits per heavy atom. The van der Waals surface area contributed by atoms with E-state index in [0.29, 0.717) is 18.0 Å². The van der Waals surface area contributed by atoms with E-state index in [1.54, 1.807) is 0 Å². The molecule has 0 spiro atoms. The number of amides is 1. The highest BCUT2D eigenvalue weighted by Gasteiger charge is 2.10. The molecule has 0 saturated carbocycles. The van der Waals surface area contributed by atoms with Gasteiger partial charge < -0.3 is 5.32 Å². The Bertz CT molecular complexity index is 653. The number of hydrogen-bond acceptors (Lipinski definition) is 1. The average Bonchev–Trinajstić information content (AvgIpc) is 2.47. The van der Waals surface area contributed by atoms with E-state index in [1.165, 1.54) is 17.7 Å². The third-order valence-corrected chi connectivity index (χ3v) is 3.83. The fourth-order valence-corrected chi connectivity index (χ4v) is 2.41. The van der Waals surface area contributed by atoms with Crippen molar-refractivity contribution < 1.29 is 9.18 Å². The van der Waals surface area contributed by atoms with Crippen LogP contribution in [0.3, 0.4) is 0 Å². The number of carbonyl (C=O) groups is 1. The van der Waals surface area contributed by atoms with Crippen LogP contribution < -0.4 is 5.32 Å². The molecule has 0 atom stereocenters. The standard InChI is InChI=1S/C18H19ClFNO/c1-12(2)14-5-3-13(4-6-14)9-10-21-18(22)16-8-7-15(20)11-17(16)19/h3-8,11-12H,9-10H2,1-2H3,(H,21,22). The summed E-state index contributed by atoms with van der Waals surface area (Å²) in [5.41, 5.74) is 2.75. The van der Waals surface area contributed by atoms with Crippen molar-refractivity contribution >= 4 is 17.5 Å². The molecule has 2 aromatic carbocycles. The molecule has 1 amide bonds. The van der Waals surface area contributed by atoms with Gasteiger partial charge in [-0.1, -0.05) is 49.7 Å². The SMILES string of the molecule is CC(C)c1ccc(CCNC(=O)c2ccc(F)cc2Cl)cc1. The maximum atomic E-state index is 13.0. The van der Waals surface area contributed by atoms with E-state index in [2.05, 4.69) is 43.4 Å². The minimum absolute atomic E-state index is 0.124. The molecule has 0 aromatic heterocycles. The van der Waals surface area contributed by atoms with Crippen LogP contribution in [0.1, 0.15) is 41.3 Å². The zero-order chi connectivity index (χ0) is 16.1. The molecule has 22 heavy (non-hydrogen) atoms. The zero-order valence-corrected chi connectivity index (χ0v) is 13.5. The lowest BCUT2D eigenvalue weighted by Crippen LogP contribution is -2.26. The first kappa shape index (κ1) is 16.5. The summed E-state index contributed by atoms with van der Waals surface area (Å²) in [7, 11) is 0. The molecule has 2 nitrogen and oxygen atoms in total. The number of carbonyl (C=O) groups excluding carboxylic acids is 1. The van der Waals surface area contributed by atoms with Crippen molar-refractivity contribution in [3.05, 3.63) is 70.0 Å². The van der Waals surface area contributed by atoms with Crippen LogP contribution in [0.4, 0.5) is 4.39 Å². The van der Waals surface area contributed by atoms with E-state index in [-0.39, 0.29) is 10.9 Å². The quantitative estimate of drug-likeness (QED) is 0.859. The van der Waals surface area contributed by atoms with Gasteiger partial charge in [0.15, 0.2) is 0 Å². The summed E-state index contributed by atoms with van der Waals surface area (Å²) in [4.78, 5) is 12.0. The van der Waals surface area contributed by atoms with Gasteiger partial charge in [0, 0.05) is 6.54 Å². The van der Waals surface area contributed by atoms with Gasteiger partial charge in [-0.05, 0) is 41.7 Å². The Kier molecular flexibility index (Phi) is 5.56. The summed E-state index contributed by atoms with van der Waals surface area (Å²) in [6, 6.07) is 12.1. The second-order valence-corrected chi connectivity index (χ2v) is 5.93. The number of hydrogen-bond donors (Lipinski definition) is 1. The zero-order valence-electron chi connectivity index (χ0n) is 12.7. The molecule has 0 unspecified atom stereocenters. The summed E-state index contributed by atoms with van der Waals surface area (Å²) in [6.07, 6.45) is 0.739. The molecule has 0 saturated heterocycles. The van der Waals surface area contributed by atoms with Gasteiger partial charge in [0.2, 0.25) is 0 Å². The third kappa shape index (κ3) is 4.31. The van der Waals surface area contributed by atoms with Gasteiger partial charge in [-0.15, -0.1) is 0 Å². The van der Waals surface area contributed by atoms with Crippen molar-refractivity contribution in [1.29, 1.82) is 0 Å². The minimum Gasteiger partial charge on any atom is -0.352 e. The topological polar surface area (TPSA) is 29.1 Å². The van der Waals surface area contributed by atoms with Gasteiger partial charge in [0.1, 0.15) is 5.82 Å². The highest BCUT2D eigenvalue weighted by molar-refractivity contribution is 6.33. The van der Waals surface area contributed by atoms with E-state index >= 15 is 0 Å². The molecule has 0 bridgehead atoms. The lowest BCUT2D eigenvalue weighted by molar-refractivity contribution is 0.0954. The smallest absolute Gasteiger partial charge is 0.252 e. The van der Waals surface area contributed by atoms with Crippen LogP contribution in [0.5, 0.6) is 0 Å². The van der Waals surface area contributed by atoms with Gasteiger partial charge in [0.25, 0.3) is 5.91 Å². The molecule has 4 heteroatoms. The Morgan fingerprint density at radius 1 is 1.18 bits per heavy atom. The van der Waals surface area contributed by atoms with Crippen LogP contribution >= 0.6 is 11.6 Å². The molecule has 0 radical (unpaired) electrons. The Morgan fingerprint density at radius 3 is 2.45 bits per heavy atom. The van der Waals surface area contributed by atoms with Crippen molar-refractivity contribution in [2.75, 3.05) is 6.54 Å². The monoisotopic (exact) mass is 319 g/mol. The van der Waals surface area contributed by atoms with Crippen molar-refractivity contribution in [2.24, 2.45) is 0 Å². The lowest BCUT2D eigenvalue weighted by atomic mass is 10.0. The van der Waals surface area contributed by atoms with E-state index < -0.39 is 5.82 Å². The Labute approximate surface area is 135 Å². The van der Waals surface area contributed by atoms with Crippen LogP contribution in [-0.4, -0.2) is 12.5 Å². The highest BCUT2D eigenvalue weighted by atomic mass is 35.5. The van der Waals surface area contributed by atoms with Crippen LogP contribution in [0, 0.1) is 5.82 Å². The number of rotatable bonds is 5. The third-order valence-electron chi connectivity index (χ3n) is 3.52. The summed E-state index contributed by atoms with van der Waals surface area (Å²) in [6.45, 7) is 4.82. The van der Waals surface area contributed by atoms with Gasteiger partial charge in [-0.2, -0.15) is 0 Å². The summed E-state index contributed by atoms with van der Waals surface area (Å²) >= 11 is 5.87. The predicted molar refractivity (Wildman–Crippen MR) is 88.0 cm³/mol. The first-order valence-electron chi connectivity index (χ1n) is 7.29. The molecule has 0 aliphatic carbocycles. The molecule has 116 valence electrons. The number of nitrogens with one attached hydrogen (secondary N) is 1. The first-order valence-corrected chi connectivity index (χ1v) is 7.67. The molecule has 0 aliphatic rings. The number of halogens is 2. The molecular formula is C18H19ClFNO. The summed E-state index contributed by atoms with van der Waals surface area (Å²) in [5, 5.41) is 2.92. The minimum atomic E-state index is -0.452. The molecule has 0 aliphatic heterocycles. The maximum absolute atomic E-state index is 13.0. The van der Waals surface area contributed by atoms with Crippen molar-refractivity contribution in [2.45, 2.75) is 26.2 Å². The second-order valence-electron chi connectivity index (χ2n) is 5.53. The van der Waals surface area contributed by atoms with Gasteiger partial charge >= 0.3 is 0 Å². The Balaban J connectivity index is 1.89. The molecule has 1 N–H and O–H groups in total. The van der Waals surface area contributed by atoms with E-state index in [4.69, 9.17) is 11.6 Å². The summed E-state index contributed by atoms with van der Waals surface area (Å²) in [5.74, 6) is -0.232. The molecular weight excluding hydrogens is 301 g/mol. The number of benzene rings is 2. The van der Waals surface area contributed by atoms with Gasteiger partial charge in [0.05, 0.1) is 10.6 Å². The Hall–Kier alpha value is -1.87. The van der Waals surface area contributed by atoms with Crippen molar-refractivity contribution in [3.63, 3.8) is 0 Å². The van der Waals surface area contributed by atoms with Gasteiger partial charge in [-0.3, -0.25) is 4.79 Å². The largest absolute Gasteiger partial charge is 0.352 e. The van der Waals surface area contributed by atoms with Crippen molar-refractivity contribution in [3.8, 4) is 0 Å². The van der Waals surface area contributed by atoms with E-state index in [0.717, 1.165) is 18.1 Å². The van der Waals surface area contributed by atoms with E-state index in [9.17, 15) is 9.18 Å². The maximum Gasteiger partial charge on any atom is 0.252 e. The lowest BCUT2D eigenvalue weighted by Gasteiger charge is -2.09. The van der Waals surface area contributed by atoms with Crippen LogP contribution in [-0.2, 0) is 6.42 Å². The van der Waals surface area contributed by atoms with Crippen LogP contribution in [0.25, 0.3) is 0 Å². The molecule has 0 heterocycles. The van der Waals surface area contributed by atoms with Gasteiger partial charge in [-0.25, -0.2) is 4.39 Å².